The standard InChI is InChI=1S/C24H28F3N7O4S/c1-3-33(4-2)39(37,38)34-12-10-31(11-13-34)22(35)16-32-15-17-14-18(8-9-19(17)30-32)28-23(36)20-6-5-7-21(29-20)24(25,26)27/h5-9,14-15H,3-4,10-13,16H2,1-2H3,(H,28,36). The molecule has 11 nitrogen and oxygen atoms in total. The summed E-state index contributed by atoms with van der Waals surface area (Å²) in [6, 6.07) is 7.83. The van der Waals surface area contributed by atoms with Crippen LogP contribution in [-0.4, -0.2) is 87.8 Å². The van der Waals surface area contributed by atoms with Crippen molar-refractivity contribution in [2.24, 2.45) is 0 Å². The SMILES string of the molecule is CCN(CC)S(=O)(=O)N1CCN(C(=O)Cn2cc3cc(NC(=O)c4cccc(C(F)(F)F)n4)ccc3n2)CC1. The van der Waals surface area contributed by atoms with E-state index in [0.29, 0.717) is 29.7 Å². The maximum absolute atomic E-state index is 12.9. The zero-order chi connectivity index (χ0) is 28.4. The second-order valence-corrected chi connectivity index (χ2v) is 10.8. The van der Waals surface area contributed by atoms with Gasteiger partial charge in [0.05, 0.1) is 5.52 Å². The summed E-state index contributed by atoms with van der Waals surface area (Å²) in [4.78, 5) is 30.3. The molecule has 39 heavy (non-hydrogen) atoms. The summed E-state index contributed by atoms with van der Waals surface area (Å²) in [5.74, 6) is -1.02. The van der Waals surface area contributed by atoms with E-state index in [1.807, 2.05) is 0 Å². The minimum atomic E-state index is -4.67. The topological polar surface area (TPSA) is 121 Å². The van der Waals surface area contributed by atoms with Gasteiger partial charge >= 0.3 is 6.18 Å². The average molecular weight is 568 g/mol. The van der Waals surface area contributed by atoms with E-state index in [1.54, 1.807) is 43.1 Å². The Morgan fingerprint density at radius 3 is 2.38 bits per heavy atom. The molecule has 1 aliphatic heterocycles. The van der Waals surface area contributed by atoms with E-state index in [2.05, 4.69) is 15.4 Å². The molecule has 210 valence electrons. The van der Waals surface area contributed by atoms with E-state index in [1.165, 1.54) is 19.4 Å². The number of hydrogen-bond acceptors (Lipinski definition) is 6. The lowest BCUT2D eigenvalue weighted by molar-refractivity contribution is -0.141. The van der Waals surface area contributed by atoms with Crippen molar-refractivity contribution in [3.05, 3.63) is 54.0 Å². The first kappa shape index (κ1) is 28.4. The van der Waals surface area contributed by atoms with Crippen LogP contribution in [0.25, 0.3) is 10.9 Å². The number of pyridine rings is 1. The van der Waals surface area contributed by atoms with E-state index in [0.717, 1.165) is 12.1 Å². The summed E-state index contributed by atoms with van der Waals surface area (Å²) in [7, 11) is -3.56. The quantitative estimate of drug-likeness (QED) is 0.447. The Morgan fingerprint density at radius 2 is 1.74 bits per heavy atom. The van der Waals surface area contributed by atoms with Crippen molar-refractivity contribution < 1.29 is 31.2 Å². The molecule has 1 saturated heterocycles. The zero-order valence-corrected chi connectivity index (χ0v) is 22.2. The van der Waals surface area contributed by atoms with Gasteiger partial charge in [-0.15, -0.1) is 0 Å². The summed E-state index contributed by atoms with van der Waals surface area (Å²) < 4.78 is 68.3. The van der Waals surface area contributed by atoms with Crippen molar-refractivity contribution in [3.63, 3.8) is 0 Å². The molecule has 15 heteroatoms. The van der Waals surface area contributed by atoms with Crippen LogP contribution in [0.1, 0.15) is 30.0 Å². The predicted octanol–water partition coefficient (Wildman–Crippen LogP) is 2.43. The van der Waals surface area contributed by atoms with Crippen molar-refractivity contribution in [3.8, 4) is 0 Å². The molecule has 2 aromatic heterocycles. The Bertz CT molecular complexity index is 1460. The summed E-state index contributed by atoms with van der Waals surface area (Å²) in [6.45, 7) is 5.17. The van der Waals surface area contributed by atoms with Gasteiger partial charge in [-0.05, 0) is 30.3 Å². The first-order chi connectivity index (χ1) is 18.4. The van der Waals surface area contributed by atoms with Gasteiger partial charge < -0.3 is 10.2 Å². The second kappa shape index (κ2) is 11.3. The van der Waals surface area contributed by atoms with Crippen molar-refractivity contribution in [1.82, 2.24) is 28.3 Å². The molecule has 0 atom stereocenters. The number of piperazine rings is 1. The number of carbonyl (C=O) groups excluding carboxylic acids is 2. The fourth-order valence-electron chi connectivity index (χ4n) is 4.27. The number of rotatable bonds is 8. The van der Waals surface area contributed by atoms with Crippen LogP contribution in [0.4, 0.5) is 18.9 Å². The summed E-state index contributed by atoms with van der Waals surface area (Å²) in [5.41, 5.74) is -0.670. The number of amides is 2. The number of aromatic nitrogens is 3. The zero-order valence-electron chi connectivity index (χ0n) is 21.3. The third kappa shape index (κ3) is 6.37. The Morgan fingerprint density at radius 1 is 1.05 bits per heavy atom. The lowest BCUT2D eigenvalue weighted by atomic mass is 10.2. The van der Waals surface area contributed by atoms with E-state index in [-0.39, 0.29) is 44.3 Å². The highest BCUT2D eigenvalue weighted by Gasteiger charge is 2.33. The molecule has 1 N–H and O–H groups in total. The number of carbonyl (C=O) groups is 2. The largest absolute Gasteiger partial charge is 0.433 e. The number of anilines is 1. The fraction of sp³-hybridized carbons (Fsp3) is 0.417. The smallest absolute Gasteiger partial charge is 0.338 e. The number of halogens is 3. The van der Waals surface area contributed by atoms with Crippen LogP contribution in [0.5, 0.6) is 0 Å². The Hall–Kier alpha value is -3.56. The van der Waals surface area contributed by atoms with Gasteiger partial charge in [0.1, 0.15) is 17.9 Å². The molecule has 3 aromatic rings. The maximum atomic E-state index is 12.9. The highest BCUT2D eigenvalue weighted by molar-refractivity contribution is 7.86. The first-order valence-electron chi connectivity index (χ1n) is 12.3. The molecular weight excluding hydrogens is 539 g/mol. The molecule has 0 spiro atoms. The van der Waals surface area contributed by atoms with Crippen LogP contribution in [0.2, 0.25) is 0 Å². The van der Waals surface area contributed by atoms with Crippen LogP contribution in [-0.2, 0) is 27.7 Å². The third-order valence-electron chi connectivity index (χ3n) is 6.33. The molecule has 4 rings (SSSR count). The summed E-state index contributed by atoms with van der Waals surface area (Å²) >= 11 is 0. The number of fused-ring (bicyclic) bond motifs is 1. The highest BCUT2D eigenvalue weighted by atomic mass is 32.2. The molecule has 2 amide bonds. The minimum Gasteiger partial charge on any atom is -0.338 e. The lowest BCUT2D eigenvalue weighted by Gasteiger charge is -2.36. The van der Waals surface area contributed by atoms with E-state index >= 15 is 0 Å². The number of nitrogens with one attached hydrogen (secondary N) is 1. The fourth-order valence-corrected chi connectivity index (χ4v) is 5.87. The van der Waals surface area contributed by atoms with Crippen LogP contribution in [0.3, 0.4) is 0 Å². The molecule has 0 unspecified atom stereocenters. The van der Waals surface area contributed by atoms with E-state index in [9.17, 15) is 31.2 Å². The monoisotopic (exact) mass is 567 g/mol. The highest BCUT2D eigenvalue weighted by Crippen LogP contribution is 2.27. The van der Waals surface area contributed by atoms with E-state index in [4.69, 9.17) is 0 Å². The van der Waals surface area contributed by atoms with Gasteiger partial charge in [-0.25, -0.2) is 4.98 Å². The molecule has 0 aliphatic carbocycles. The minimum absolute atomic E-state index is 0.0622. The van der Waals surface area contributed by atoms with Gasteiger partial charge in [0.15, 0.2) is 0 Å². The van der Waals surface area contributed by atoms with Gasteiger partial charge in [-0.1, -0.05) is 19.9 Å². The molecule has 3 heterocycles. The van der Waals surface area contributed by atoms with Crippen molar-refractivity contribution >= 4 is 38.6 Å². The summed E-state index contributed by atoms with van der Waals surface area (Å²) in [5, 5.41) is 7.50. The second-order valence-electron chi connectivity index (χ2n) is 8.83. The molecule has 0 bridgehead atoms. The molecular formula is C24H28F3N7O4S. The first-order valence-corrected chi connectivity index (χ1v) is 13.7. The Balaban J connectivity index is 1.38. The number of nitrogens with zero attached hydrogens (tertiary/aromatic N) is 6. The Labute approximate surface area is 223 Å². The third-order valence-corrected chi connectivity index (χ3v) is 8.52. The van der Waals surface area contributed by atoms with Crippen molar-refractivity contribution in [2.75, 3.05) is 44.6 Å². The van der Waals surface area contributed by atoms with Crippen molar-refractivity contribution in [2.45, 2.75) is 26.6 Å². The van der Waals surface area contributed by atoms with E-state index < -0.39 is 28.0 Å². The van der Waals surface area contributed by atoms with Gasteiger partial charge in [-0.3, -0.25) is 14.3 Å². The number of hydrogen-bond donors (Lipinski definition) is 1. The number of benzene rings is 1. The molecule has 0 saturated carbocycles. The van der Waals surface area contributed by atoms with Crippen LogP contribution >= 0.6 is 0 Å². The summed E-state index contributed by atoms with van der Waals surface area (Å²) in [6.07, 6.45) is -3.05. The molecule has 1 aromatic carbocycles. The molecule has 1 aliphatic rings. The van der Waals surface area contributed by atoms with Crippen molar-refractivity contribution in [1.29, 1.82) is 0 Å². The van der Waals surface area contributed by atoms with Gasteiger partial charge in [0, 0.05) is 56.5 Å². The van der Waals surface area contributed by atoms with Gasteiger partial charge in [0.2, 0.25) is 5.91 Å². The van der Waals surface area contributed by atoms with Crippen LogP contribution in [0.15, 0.2) is 42.6 Å². The van der Waals surface area contributed by atoms with Crippen LogP contribution < -0.4 is 5.32 Å². The molecule has 1 fully saturated rings. The Kier molecular flexibility index (Phi) is 8.23. The van der Waals surface area contributed by atoms with Crippen LogP contribution in [0, 0.1) is 0 Å². The van der Waals surface area contributed by atoms with Gasteiger partial charge in [-0.2, -0.15) is 35.3 Å². The van der Waals surface area contributed by atoms with Gasteiger partial charge in [0.25, 0.3) is 16.1 Å². The number of alkyl halides is 3. The normalized spacial score (nSPS) is 15.2. The molecule has 0 radical (unpaired) electrons. The average Bonchev–Trinajstić information content (AvgIpc) is 3.30. The lowest BCUT2D eigenvalue weighted by Crippen LogP contribution is -2.54. The predicted molar refractivity (Wildman–Crippen MR) is 137 cm³/mol. The maximum Gasteiger partial charge on any atom is 0.433 e.